The highest BCUT2D eigenvalue weighted by Gasteiger charge is 2.78. The van der Waals surface area contributed by atoms with Crippen molar-refractivity contribution in [2.45, 2.75) is 22.9 Å². The SMILES string of the molecule is O=S(=O)(O)C(F)(F)C(F)(F)C(F)(F)F.O=S(=O)(O)C(F)(F)F.c1ccc(-c2cc3ccccc3[nH]2)cc1. The van der Waals surface area contributed by atoms with Crippen molar-refractivity contribution < 1.29 is 69.8 Å². The van der Waals surface area contributed by atoms with Crippen LogP contribution >= 0.6 is 0 Å². The standard InChI is InChI=1S/C14H11N.C3HF7O3S.CHF3O3S/c1-2-6-11(7-3-1)14-10-12-8-4-5-9-13(12)15-14;4-1(5,2(6,7)8)3(9,10)14(11,12)13;2-1(3,4)8(5,6)7/h1-10,15H;(H,11,12,13);(H,5,6,7). The monoisotopic (exact) mass is 593 g/mol. The van der Waals surface area contributed by atoms with Crippen LogP contribution in [0.4, 0.5) is 43.9 Å². The maximum Gasteiger partial charge on any atom is 0.522 e. The molecule has 0 radical (unpaired) electrons. The Morgan fingerprint density at radius 2 is 1.08 bits per heavy atom. The largest absolute Gasteiger partial charge is 0.522 e. The second-order valence-electron chi connectivity index (χ2n) is 6.62. The van der Waals surface area contributed by atoms with Crippen molar-refractivity contribution in [3.05, 3.63) is 60.7 Å². The number of fused-ring (bicyclic) bond motifs is 1. The molecule has 3 N–H and O–H groups in total. The van der Waals surface area contributed by atoms with Crippen LogP contribution in [0.1, 0.15) is 0 Å². The summed E-state index contributed by atoms with van der Waals surface area (Å²) >= 11 is 0. The Hall–Kier alpha value is -2.90. The highest BCUT2D eigenvalue weighted by atomic mass is 32.2. The molecule has 1 heterocycles. The Morgan fingerprint density at radius 1 is 0.649 bits per heavy atom. The molecule has 0 saturated heterocycles. The minimum Gasteiger partial charge on any atom is -0.355 e. The zero-order valence-electron chi connectivity index (χ0n) is 17.4. The third-order valence-corrected chi connectivity index (χ3v) is 5.44. The number of hydrogen-bond acceptors (Lipinski definition) is 4. The number of para-hydroxylation sites is 1. The van der Waals surface area contributed by atoms with Crippen LogP contribution in [0.15, 0.2) is 60.7 Å². The van der Waals surface area contributed by atoms with Gasteiger partial charge in [0.05, 0.1) is 0 Å². The lowest BCUT2D eigenvalue weighted by Gasteiger charge is -2.25. The number of aromatic amines is 1. The van der Waals surface area contributed by atoms with E-state index in [9.17, 15) is 52.3 Å². The molecule has 0 aliphatic carbocycles. The molecule has 3 rings (SSSR count). The maximum atomic E-state index is 11.9. The van der Waals surface area contributed by atoms with Gasteiger partial charge in [0, 0.05) is 16.6 Å². The third kappa shape index (κ3) is 7.79. The van der Waals surface area contributed by atoms with Gasteiger partial charge in [-0.05, 0) is 17.7 Å². The van der Waals surface area contributed by atoms with Gasteiger partial charge in [0.25, 0.3) is 0 Å². The smallest absolute Gasteiger partial charge is 0.355 e. The van der Waals surface area contributed by atoms with Gasteiger partial charge in [0.1, 0.15) is 0 Å². The van der Waals surface area contributed by atoms with Gasteiger partial charge in [0.15, 0.2) is 0 Å². The first-order valence-corrected chi connectivity index (χ1v) is 11.8. The minimum atomic E-state index is -6.85. The normalized spacial score (nSPS) is 13.3. The van der Waals surface area contributed by atoms with E-state index in [0.717, 1.165) is 0 Å². The van der Waals surface area contributed by atoms with Crippen LogP contribution < -0.4 is 0 Å². The Morgan fingerprint density at radius 3 is 1.43 bits per heavy atom. The van der Waals surface area contributed by atoms with Crippen molar-refractivity contribution in [3.63, 3.8) is 0 Å². The van der Waals surface area contributed by atoms with Gasteiger partial charge in [0.2, 0.25) is 0 Å². The molecule has 3 aromatic rings. The first-order valence-electron chi connectivity index (χ1n) is 8.90. The molecule has 208 valence electrons. The number of rotatable bonds is 3. The van der Waals surface area contributed by atoms with Gasteiger partial charge in [-0.2, -0.15) is 60.7 Å². The van der Waals surface area contributed by atoms with E-state index in [1.807, 2.05) is 12.1 Å². The summed E-state index contributed by atoms with van der Waals surface area (Å²) < 4.78 is 165. The summed E-state index contributed by atoms with van der Waals surface area (Å²) in [7, 11) is -12.7. The predicted octanol–water partition coefficient (Wildman–Crippen LogP) is 5.89. The first kappa shape index (κ1) is 32.1. The summed E-state index contributed by atoms with van der Waals surface area (Å²) in [6, 6.07) is 20.9. The highest BCUT2D eigenvalue weighted by Crippen LogP contribution is 2.48. The first-order chi connectivity index (χ1) is 16.4. The lowest BCUT2D eigenvalue weighted by atomic mass is 10.1. The van der Waals surface area contributed by atoms with Crippen molar-refractivity contribution in [3.8, 4) is 11.3 Å². The van der Waals surface area contributed by atoms with E-state index in [4.69, 9.17) is 17.5 Å². The molecule has 0 spiro atoms. The molecule has 0 atom stereocenters. The van der Waals surface area contributed by atoms with Crippen molar-refractivity contribution in [1.29, 1.82) is 0 Å². The molecule has 0 aliphatic heterocycles. The number of hydrogen-bond donors (Lipinski definition) is 3. The van der Waals surface area contributed by atoms with Crippen LogP contribution in [0.5, 0.6) is 0 Å². The number of alkyl halides is 10. The van der Waals surface area contributed by atoms with Crippen LogP contribution in [0.3, 0.4) is 0 Å². The van der Waals surface area contributed by atoms with Crippen LogP contribution in [-0.4, -0.2) is 53.8 Å². The Bertz CT molecular complexity index is 1370. The molecule has 0 amide bonds. The molecule has 0 aliphatic rings. The van der Waals surface area contributed by atoms with Crippen LogP contribution in [-0.2, 0) is 20.2 Å². The van der Waals surface area contributed by atoms with Gasteiger partial charge in [-0.1, -0.05) is 48.5 Å². The summed E-state index contributed by atoms with van der Waals surface area (Å²) in [6.07, 6.45) is -6.79. The Kier molecular flexibility index (Phi) is 9.41. The van der Waals surface area contributed by atoms with E-state index in [2.05, 4.69) is 53.5 Å². The van der Waals surface area contributed by atoms with Crippen molar-refractivity contribution in [1.82, 2.24) is 4.98 Å². The molecule has 0 bridgehead atoms. The molecule has 0 fully saturated rings. The fraction of sp³-hybridized carbons (Fsp3) is 0.222. The fourth-order valence-electron chi connectivity index (χ4n) is 2.17. The van der Waals surface area contributed by atoms with Crippen molar-refractivity contribution in [2.24, 2.45) is 0 Å². The van der Waals surface area contributed by atoms with Crippen molar-refractivity contribution >= 4 is 31.1 Å². The second kappa shape index (κ2) is 10.8. The second-order valence-corrected chi connectivity index (χ2v) is 9.50. The maximum absolute atomic E-state index is 11.9. The lowest BCUT2D eigenvalue weighted by molar-refractivity contribution is -0.333. The van der Waals surface area contributed by atoms with Crippen LogP contribution in [0.2, 0.25) is 0 Å². The summed E-state index contributed by atoms with van der Waals surface area (Å²) in [5, 5.41) is -5.35. The summed E-state index contributed by atoms with van der Waals surface area (Å²) in [6.45, 7) is 0. The number of halogens is 10. The molecule has 1 aromatic heterocycles. The number of nitrogens with one attached hydrogen (secondary N) is 1. The average Bonchev–Trinajstić information content (AvgIpc) is 3.16. The minimum absolute atomic E-state index is 1.18. The van der Waals surface area contributed by atoms with Crippen molar-refractivity contribution in [2.75, 3.05) is 0 Å². The summed E-state index contributed by atoms with van der Waals surface area (Å²) in [5.41, 5.74) is -1.94. The summed E-state index contributed by atoms with van der Waals surface area (Å²) in [5.74, 6) is -6.85. The van der Waals surface area contributed by atoms with E-state index < -0.39 is 43.1 Å². The highest BCUT2D eigenvalue weighted by molar-refractivity contribution is 7.87. The van der Waals surface area contributed by atoms with Crippen LogP contribution in [0, 0.1) is 0 Å². The zero-order chi connectivity index (χ0) is 29.1. The van der Waals surface area contributed by atoms with Gasteiger partial charge < -0.3 is 4.98 Å². The zero-order valence-corrected chi connectivity index (χ0v) is 19.0. The van der Waals surface area contributed by atoms with E-state index >= 15 is 0 Å². The molecule has 19 heteroatoms. The number of benzene rings is 2. The van der Waals surface area contributed by atoms with Gasteiger partial charge in [-0.3, -0.25) is 9.11 Å². The Labute approximate surface area is 201 Å². The molecule has 7 nitrogen and oxygen atoms in total. The molecule has 37 heavy (non-hydrogen) atoms. The van der Waals surface area contributed by atoms with E-state index in [-0.39, 0.29) is 0 Å². The van der Waals surface area contributed by atoms with E-state index in [1.165, 1.54) is 22.2 Å². The molecule has 0 unspecified atom stereocenters. The predicted molar refractivity (Wildman–Crippen MR) is 109 cm³/mol. The lowest BCUT2D eigenvalue weighted by Crippen LogP contribution is -2.55. The molecule has 0 saturated carbocycles. The van der Waals surface area contributed by atoms with Crippen LogP contribution in [0.25, 0.3) is 22.2 Å². The quantitative estimate of drug-likeness (QED) is 0.198. The average molecular weight is 593 g/mol. The topological polar surface area (TPSA) is 125 Å². The summed E-state index contributed by atoms with van der Waals surface area (Å²) in [4.78, 5) is 3.41. The molecular weight excluding hydrogens is 580 g/mol. The number of H-pyrrole nitrogens is 1. The Balaban J connectivity index is 0.000000292. The molecule has 2 aromatic carbocycles. The van der Waals surface area contributed by atoms with Gasteiger partial charge >= 0.3 is 43.1 Å². The van der Waals surface area contributed by atoms with Gasteiger partial charge in [-0.25, -0.2) is 0 Å². The number of aromatic nitrogens is 1. The van der Waals surface area contributed by atoms with E-state index in [0.29, 0.717) is 0 Å². The third-order valence-electron chi connectivity index (χ3n) is 3.95. The van der Waals surface area contributed by atoms with Gasteiger partial charge in [-0.15, -0.1) is 0 Å². The van der Waals surface area contributed by atoms with E-state index in [1.54, 1.807) is 0 Å². The molecular formula is C18H13F10NO6S2. The fourth-order valence-corrected chi connectivity index (χ4v) is 2.61.